The van der Waals surface area contributed by atoms with Crippen LogP contribution in [0.5, 0.6) is 0 Å². The van der Waals surface area contributed by atoms with Gasteiger partial charge < -0.3 is 10.6 Å². The molecule has 5 nitrogen and oxygen atoms in total. The number of rotatable bonds is 7. The van der Waals surface area contributed by atoms with Crippen molar-refractivity contribution in [2.24, 2.45) is 0 Å². The molecule has 7 heteroatoms. The average molecular weight is 510 g/mol. The van der Waals surface area contributed by atoms with Crippen LogP contribution < -0.4 is 10.6 Å². The summed E-state index contributed by atoms with van der Waals surface area (Å²) < 4.78 is 15.3. The number of fused-ring (bicyclic) bond motifs is 1. The summed E-state index contributed by atoms with van der Waals surface area (Å²) in [6.07, 6.45) is 4.12. The smallest absolute Gasteiger partial charge is 0.268 e. The topological polar surface area (TPSA) is 71.1 Å². The fourth-order valence-electron chi connectivity index (χ4n) is 4.21. The molecule has 0 aliphatic heterocycles. The molecule has 2 heterocycles. The second kappa shape index (κ2) is 10.7. The van der Waals surface area contributed by atoms with E-state index in [1.54, 1.807) is 54.2 Å². The molecule has 0 saturated carbocycles. The van der Waals surface area contributed by atoms with Gasteiger partial charge in [0.05, 0.1) is 6.04 Å². The van der Waals surface area contributed by atoms with Crippen molar-refractivity contribution in [2.45, 2.75) is 19.4 Å². The summed E-state index contributed by atoms with van der Waals surface area (Å²) in [5.74, 6) is -1.23. The van der Waals surface area contributed by atoms with Crippen molar-refractivity contribution in [1.82, 2.24) is 10.3 Å². The number of amides is 2. The van der Waals surface area contributed by atoms with Crippen molar-refractivity contribution < 1.29 is 14.0 Å². The first-order valence-electron chi connectivity index (χ1n) is 11.9. The molecule has 2 N–H and O–H groups in total. The molecule has 0 spiro atoms. The Kier molecular flexibility index (Phi) is 7.05. The minimum Gasteiger partial charge on any atom is -0.345 e. The summed E-state index contributed by atoms with van der Waals surface area (Å²) in [4.78, 5) is 29.8. The molecule has 0 bridgehead atoms. The van der Waals surface area contributed by atoms with Crippen LogP contribution in [0.25, 0.3) is 21.9 Å². The van der Waals surface area contributed by atoms with Crippen molar-refractivity contribution in [3.05, 3.63) is 118 Å². The molecule has 0 aliphatic carbocycles. The molecular formula is C30H24FN3O2S. The van der Waals surface area contributed by atoms with Crippen LogP contribution >= 0.6 is 11.3 Å². The Labute approximate surface area is 218 Å². The zero-order valence-corrected chi connectivity index (χ0v) is 20.9. The number of nitrogens with zero attached hydrogens (tertiary/aromatic N) is 1. The maximum atomic E-state index is 15.3. The van der Waals surface area contributed by atoms with Crippen molar-refractivity contribution in [1.29, 1.82) is 0 Å². The fraction of sp³-hybridized carbons (Fsp3) is 0.100. The Morgan fingerprint density at radius 3 is 2.59 bits per heavy atom. The number of para-hydroxylation sites is 1. The number of pyridine rings is 1. The van der Waals surface area contributed by atoms with Gasteiger partial charge in [-0.25, -0.2) is 4.39 Å². The standard InChI is InChI=1S/C30H24FN3O2S/c1-2-26(34-29(35)22-11-12-23-17-32-14-13-19(23)15-22)21-8-6-7-20(16-21)25-18-37-28(27(25)31)30(36)33-24-9-4-3-5-10-24/h3-18,26H,2H2,1H3,(H,33,36)(H,34,35). The summed E-state index contributed by atoms with van der Waals surface area (Å²) in [7, 11) is 0. The Bertz CT molecular complexity index is 1580. The summed E-state index contributed by atoms with van der Waals surface area (Å²) in [5.41, 5.74) is 3.03. The van der Waals surface area contributed by atoms with Gasteiger partial charge in [-0.1, -0.05) is 49.4 Å². The van der Waals surface area contributed by atoms with E-state index < -0.39 is 11.7 Å². The van der Waals surface area contributed by atoms with E-state index >= 15 is 4.39 Å². The Balaban J connectivity index is 1.35. The Morgan fingerprint density at radius 1 is 0.946 bits per heavy atom. The molecule has 5 rings (SSSR count). The van der Waals surface area contributed by atoms with Crippen molar-refractivity contribution in [3.63, 3.8) is 0 Å². The highest BCUT2D eigenvalue weighted by molar-refractivity contribution is 7.12. The molecule has 0 saturated heterocycles. The molecule has 2 amide bonds. The molecule has 3 aromatic carbocycles. The second-order valence-corrected chi connectivity index (χ2v) is 9.49. The number of carbonyl (C=O) groups excluding carboxylic acids is 2. The third kappa shape index (κ3) is 5.27. The second-order valence-electron chi connectivity index (χ2n) is 8.61. The molecule has 37 heavy (non-hydrogen) atoms. The first kappa shape index (κ1) is 24.3. The number of hydrogen-bond acceptors (Lipinski definition) is 4. The van der Waals surface area contributed by atoms with Gasteiger partial charge in [0.15, 0.2) is 5.82 Å². The van der Waals surface area contributed by atoms with Crippen LogP contribution in [0.1, 0.15) is 45.0 Å². The normalized spacial score (nSPS) is 11.7. The third-order valence-corrected chi connectivity index (χ3v) is 7.14. The van der Waals surface area contributed by atoms with E-state index in [-0.39, 0.29) is 16.8 Å². The van der Waals surface area contributed by atoms with Crippen LogP contribution in [0.4, 0.5) is 10.1 Å². The lowest BCUT2D eigenvalue weighted by molar-refractivity contribution is 0.0935. The van der Waals surface area contributed by atoms with Gasteiger partial charge >= 0.3 is 0 Å². The van der Waals surface area contributed by atoms with E-state index in [0.717, 1.165) is 27.7 Å². The first-order chi connectivity index (χ1) is 18.0. The lowest BCUT2D eigenvalue weighted by Crippen LogP contribution is -2.28. The average Bonchev–Trinajstić information content (AvgIpc) is 3.33. The van der Waals surface area contributed by atoms with Crippen molar-refractivity contribution >= 4 is 39.6 Å². The van der Waals surface area contributed by atoms with Crippen LogP contribution in [-0.4, -0.2) is 16.8 Å². The molecule has 0 fully saturated rings. The van der Waals surface area contributed by atoms with Crippen LogP contribution in [0, 0.1) is 5.82 Å². The van der Waals surface area contributed by atoms with E-state index in [4.69, 9.17) is 0 Å². The minimum absolute atomic E-state index is 0.0242. The summed E-state index contributed by atoms with van der Waals surface area (Å²) >= 11 is 1.07. The molecule has 0 radical (unpaired) electrons. The number of benzene rings is 3. The quantitative estimate of drug-likeness (QED) is 0.243. The van der Waals surface area contributed by atoms with Crippen molar-refractivity contribution in [3.8, 4) is 11.1 Å². The molecule has 2 aromatic heterocycles. The maximum Gasteiger partial charge on any atom is 0.268 e. The Morgan fingerprint density at radius 2 is 1.78 bits per heavy atom. The van der Waals surface area contributed by atoms with Gasteiger partial charge in [0.1, 0.15) is 4.88 Å². The summed E-state index contributed by atoms with van der Waals surface area (Å²) in [6, 6.07) is 23.5. The predicted molar refractivity (Wildman–Crippen MR) is 146 cm³/mol. The molecule has 5 aromatic rings. The van der Waals surface area contributed by atoms with E-state index in [0.29, 0.717) is 28.8 Å². The first-order valence-corrected chi connectivity index (χ1v) is 12.8. The van der Waals surface area contributed by atoms with Crippen LogP contribution in [0.15, 0.2) is 96.6 Å². The zero-order valence-electron chi connectivity index (χ0n) is 20.1. The van der Waals surface area contributed by atoms with E-state index in [2.05, 4.69) is 15.6 Å². The van der Waals surface area contributed by atoms with Gasteiger partial charge in [0.25, 0.3) is 11.8 Å². The van der Waals surface area contributed by atoms with E-state index in [1.165, 1.54) is 0 Å². The molecular weight excluding hydrogens is 485 g/mol. The number of halogens is 1. The van der Waals surface area contributed by atoms with E-state index in [9.17, 15) is 9.59 Å². The van der Waals surface area contributed by atoms with Gasteiger partial charge in [-0.05, 0) is 59.3 Å². The number of nitrogens with one attached hydrogen (secondary N) is 2. The maximum absolute atomic E-state index is 15.3. The Hall–Kier alpha value is -4.36. The number of aromatic nitrogens is 1. The third-order valence-electron chi connectivity index (χ3n) is 6.18. The highest BCUT2D eigenvalue weighted by Crippen LogP contribution is 2.33. The van der Waals surface area contributed by atoms with Crippen LogP contribution in [0.2, 0.25) is 0 Å². The van der Waals surface area contributed by atoms with E-state index in [1.807, 2.05) is 49.4 Å². The van der Waals surface area contributed by atoms with Crippen molar-refractivity contribution in [2.75, 3.05) is 5.32 Å². The summed E-state index contributed by atoms with van der Waals surface area (Å²) in [6.45, 7) is 1.99. The highest BCUT2D eigenvalue weighted by atomic mass is 32.1. The van der Waals surface area contributed by atoms with Crippen LogP contribution in [0.3, 0.4) is 0 Å². The van der Waals surface area contributed by atoms with Crippen LogP contribution in [-0.2, 0) is 0 Å². The van der Waals surface area contributed by atoms with Gasteiger partial charge in [-0.2, -0.15) is 0 Å². The van der Waals surface area contributed by atoms with Gasteiger partial charge in [0.2, 0.25) is 0 Å². The lowest BCUT2D eigenvalue weighted by Gasteiger charge is -2.18. The number of hydrogen-bond donors (Lipinski definition) is 2. The fourth-order valence-corrected chi connectivity index (χ4v) is 5.06. The SMILES string of the molecule is CCC(NC(=O)c1ccc2cnccc2c1)c1cccc(-c2csc(C(=O)Nc3ccccc3)c2F)c1. The van der Waals surface area contributed by atoms with Gasteiger partial charge in [0, 0.05) is 40.0 Å². The van der Waals surface area contributed by atoms with Gasteiger partial charge in [-0.15, -0.1) is 11.3 Å². The molecule has 1 unspecified atom stereocenters. The minimum atomic E-state index is -0.557. The zero-order chi connectivity index (χ0) is 25.8. The molecule has 184 valence electrons. The lowest BCUT2D eigenvalue weighted by atomic mass is 9.98. The largest absolute Gasteiger partial charge is 0.345 e. The predicted octanol–water partition coefficient (Wildman–Crippen LogP) is 7.24. The number of anilines is 1. The monoisotopic (exact) mass is 509 g/mol. The molecule has 0 aliphatic rings. The highest BCUT2D eigenvalue weighted by Gasteiger charge is 2.21. The summed E-state index contributed by atoms with van der Waals surface area (Å²) in [5, 5.41) is 9.39. The number of carbonyl (C=O) groups is 2. The number of thiophene rings is 1. The van der Waals surface area contributed by atoms with Gasteiger partial charge in [-0.3, -0.25) is 14.6 Å². The molecule has 1 atom stereocenters.